The first-order chi connectivity index (χ1) is 8.08. The van der Waals surface area contributed by atoms with Gasteiger partial charge >= 0.3 is 0 Å². The summed E-state index contributed by atoms with van der Waals surface area (Å²) >= 11 is 0. The molecule has 0 radical (unpaired) electrons. The fourth-order valence-electron chi connectivity index (χ4n) is 1.57. The number of aryl methyl sites for hydroxylation is 1. The van der Waals surface area contributed by atoms with Crippen molar-refractivity contribution in [3.05, 3.63) is 41.8 Å². The number of rotatable bonds is 2. The lowest BCUT2D eigenvalue weighted by Gasteiger charge is -2.19. The average Bonchev–Trinajstić information content (AvgIpc) is 2.31. The van der Waals surface area contributed by atoms with E-state index in [1.165, 1.54) is 0 Å². The maximum atomic E-state index is 13.6. The van der Waals surface area contributed by atoms with Crippen molar-refractivity contribution in [2.45, 2.75) is 6.92 Å². The van der Waals surface area contributed by atoms with Gasteiger partial charge in [0, 0.05) is 12.7 Å². The first kappa shape index (κ1) is 11.3. The van der Waals surface area contributed by atoms with Crippen molar-refractivity contribution < 1.29 is 4.39 Å². The van der Waals surface area contributed by atoms with Crippen LogP contribution in [-0.2, 0) is 0 Å². The van der Waals surface area contributed by atoms with Crippen LogP contribution in [0.5, 0.6) is 0 Å². The molecule has 17 heavy (non-hydrogen) atoms. The minimum atomic E-state index is -0.497. The first-order valence-electron chi connectivity index (χ1n) is 5.16. The quantitative estimate of drug-likeness (QED) is 0.863. The summed E-state index contributed by atoms with van der Waals surface area (Å²) in [6.45, 7) is 1.97. The lowest BCUT2D eigenvalue weighted by atomic mass is 10.2. The van der Waals surface area contributed by atoms with Crippen LogP contribution in [0.4, 0.5) is 21.8 Å². The van der Waals surface area contributed by atoms with Crippen LogP contribution in [-0.4, -0.2) is 17.0 Å². The Balaban J connectivity index is 2.43. The predicted molar refractivity (Wildman–Crippen MR) is 65.6 cm³/mol. The molecule has 0 atom stereocenters. The van der Waals surface area contributed by atoms with E-state index in [0.29, 0.717) is 0 Å². The molecule has 0 aliphatic heterocycles. The van der Waals surface area contributed by atoms with E-state index in [1.807, 2.05) is 31.2 Å². The second-order valence-electron chi connectivity index (χ2n) is 3.80. The fraction of sp³-hybridized carbons (Fsp3) is 0.167. The highest BCUT2D eigenvalue weighted by atomic mass is 19.1. The van der Waals surface area contributed by atoms with E-state index in [-0.39, 0.29) is 11.8 Å². The molecule has 0 spiro atoms. The third-order valence-electron chi connectivity index (χ3n) is 2.45. The monoisotopic (exact) mass is 232 g/mol. The molecule has 0 unspecified atom stereocenters. The van der Waals surface area contributed by atoms with Gasteiger partial charge in [0.1, 0.15) is 0 Å². The molecule has 4 nitrogen and oxygen atoms in total. The van der Waals surface area contributed by atoms with E-state index in [2.05, 4.69) is 9.97 Å². The molecule has 1 aromatic carbocycles. The molecule has 0 fully saturated rings. The minimum absolute atomic E-state index is 0.0564. The molecule has 1 aromatic heterocycles. The molecule has 2 aromatic rings. The van der Waals surface area contributed by atoms with Crippen molar-refractivity contribution in [2.75, 3.05) is 17.7 Å². The zero-order chi connectivity index (χ0) is 12.4. The normalized spacial score (nSPS) is 10.3. The van der Waals surface area contributed by atoms with Crippen molar-refractivity contribution in [3.8, 4) is 0 Å². The van der Waals surface area contributed by atoms with E-state index in [0.717, 1.165) is 17.4 Å². The first-order valence-corrected chi connectivity index (χ1v) is 5.16. The maximum Gasteiger partial charge on any atom is 0.222 e. The molecule has 0 saturated heterocycles. The molecule has 0 aliphatic carbocycles. The van der Waals surface area contributed by atoms with Crippen LogP contribution in [0.3, 0.4) is 0 Å². The molecule has 1 heterocycles. The highest BCUT2D eigenvalue weighted by molar-refractivity contribution is 5.60. The van der Waals surface area contributed by atoms with Crippen LogP contribution < -0.4 is 10.6 Å². The highest BCUT2D eigenvalue weighted by Crippen LogP contribution is 2.24. The maximum absolute atomic E-state index is 13.6. The molecule has 2 rings (SSSR count). The number of nitrogen functional groups attached to an aromatic ring is 1. The van der Waals surface area contributed by atoms with Gasteiger partial charge in [0.2, 0.25) is 5.95 Å². The molecule has 0 bridgehead atoms. The number of hydrogen-bond donors (Lipinski definition) is 1. The Kier molecular flexibility index (Phi) is 2.91. The number of hydrogen-bond acceptors (Lipinski definition) is 4. The number of nitrogens with zero attached hydrogens (tertiary/aromatic N) is 3. The summed E-state index contributed by atoms with van der Waals surface area (Å²) < 4.78 is 13.6. The van der Waals surface area contributed by atoms with Gasteiger partial charge in [-0.2, -0.15) is 4.98 Å². The third-order valence-corrected chi connectivity index (χ3v) is 2.45. The number of nitrogens with two attached hydrogens (primary N) is 1. The summed E-state index contributed by atoms with van der Waals surface area (Å²) in [5.41, 5.74) is 7.40. The van der Waals surface area contributed by atoms with Gasteiger partial charge < -0.3 is 10.6 Å². The fourth-order valence-corrected chi connectivity index (χ4v) is 1.57. The van der Waals surface area contributed by atoms with Gasteiger partial charge in [-0.15, -0.1) is 0 Å². The van der Waals surface area contributed by atoms with Crippen LogP contribution in [0, 0.1) is 12.7 Å². The van der Waals surface area contributed by atoms with Crippen molar-refractivity contribution in [3.63, 3.8) is 0 Å². The van der Waals surface area contributed by atoms with Crippen LogP contribution in [0.25, 0.3) is 0 Å². The highest BCUT2D eigenvalue weighted by Gasteiger charge is 2.12. The third kappa shape index (κ3) is 2.33. The Morgan fingerprint density at radius 3 is 2.82 bits per heavy atom. The molecular formula is C12H13FN4. The summed E-state index contributed by atoms with van der Waals surface area (Å²) in [6.07, 6.45) is 1.07. The zero-order valence-electron chi connectivity index (χ0n) is 9.68. The average molecular weight is 232 g/mol. The van der Waals surface area contributed by atoms with Gasteiger partial charge in [-0.05, 0) is 24.6 Å². The standard InChI is InChI=1S/C12H13FN4/c1-8-4-3-5-9(6-8)17(2)11-10(13)7-15-12(14)16-11/h3-7H,1-2H3,(H2,14,15,16). The number of benzene rings is 1. The molecular weight excluding hydrogens is 219 g/mol. The Labute approximate surface area is 98.9 Å². The number of anilines is 3. The van der Waals surface area contributed by atoms with E-state index < -0.39 is 5.82 Å². The Morgan fingerprint density at radius 1 is 1.35 bits per heavy atom. The second-order valence-corrected chi connectivity index (χ2v) is 3.80. The van der Waals surface area contributed by atoms with E-state index in [1.54, 1.807) is 11.9 Å². The van der Waals surface area contributed by atoms with Crippen molar-refractivity contribution >= 4 is 17.5 Å². The van der Waals surface area contributed by atoms with E-state index >= 15 is 0 Å². The summed E-state index contributed by atoms with van der Waals surface area (Å²) in [5.74, 6) is -0.271. The molecule has 0 amide bonds. The Hall–Kier alpha value is -2.17. The molecule has 0 aliphatic rings. The number of aromatic nitrogens is 2. The summed E-state index contributed by atoms with van der Waals surface area (Å²) in [7, 11) is 1.74. The van der Waals surface area contributed by atoms with E-state index in [9.17, 15) is 4.39 Å². The smallest absolute Gasteiger partial charge is 0.222 e. The second kappa shape index (κ2) is 4.37. The summed E-state index contributed by atoms with van der Waals surface area (Å²) in [6, 6.07) is 7.70. The minimum Gasteiger partial charge on any atom is -0.368 e. The van der Waals surface area contributed by atoms with Gasteiger partial charge in [0.25, 0.3) is 0 Å². The molecule has 2 N–H and O–H groups in total. The van der Waals surface area contributed by atoms with Crippen LogP contribution in [0.15, 0.2) is 30.5 Å². The zero-order valence-corrected chi connectivity index (χ0v) is 9.68. The lowest BCUT2D eigenvalue weighted by Crippen LogP contribution is -2.14. The van der Waals surface area contributed by atoms with Gasteiger partial charge in [0.15, 0.2) is 11.6 Å². The van der Waals surface area contributed by atoms with Gasteiger partial charge in [-0.25, -0.2) is 9.37 Å². The largest absolute Gasteiger partial charge is 0.368 e. The van der Waals surface area contributed by atoms with Crippen molar-refractivity contribution in [2.24, 2.45) is 0 Å². The molecule has 5 heteroatoms. The molecule has 0 saturated carbocycles. The predicted octanol–water partition coefficient (Wildman–Crippen LogP) is 2.27. The van der Waals surface area contributed by atoms with Crippen LogP contribution >= 0.6 is 0 Å². The van der Waals surface area contributed by atoms with Crippen LogP contribution in [0.1, 0.15) is 5.56 Å². The number of halogens is 1. The van der Waals surface area contributed by atoms with Crippen molar-refractivity contribution in [1.29, 1.82) is 0 Å². The van der Waals surface area contributed by atoms with E-state index in [4.69, 9.17) is 5.73 Å². The van der Waals surface area contributed by atoms with Crippen molar-refractivity contribution in [1.82, 2.24) is 9.97 Å². The summed E-state index contributed by atoms with van der Waals surface area (Å²) in [5, 5.41) is 0. The van der Waals surface area contributed by atoms with Gasteiger partial charge in [0.05, 0.1) is 6.20 Å². The topological polar surface area (TPSA) is 55.0 Å². The SMILES string of the molecule is Cc1cccc(N(C)c2nc(N)ncc2F)c1. The van der Waals surface area contributed by atoms with Gasteiger partial charge in [-0.1, -0.05) is 12.1 Å². The Morgan fingerprint density at radius 2 is 2.12 bits per heavy atom. The molecule has 88 valence electrons. The van der Waals surface area contributed by atoms with Crippen LogP contribution in [0.2, 0.25) is 0 Å². The summed E-state index contributed by atoms with van der Waals surface area (Å²) in [4.78, 5) is 9.13. The van der Waals surface area contributed by atoms with Gasteiger partial charge in [-0.3, -0.25) is 0 Å². The Bertz CT molecular complexity index is 542. The lowest BCUT2D eigenvalue weighted by molar-refractivity contribution is 0.614.